The predicted octanol–water partition coefficient (Wildman–Crippen LogP) is 1.93. The smallest absolute Gasteiger partial charge is 0.330 e. The molecule has 2 saturated heterocycles. The van der Waals surface area contributed by atoms with Gasteiger partial charge in [-0.05, 0) is 36.3 Å². The number of hydrogen-bond acceptors (Lipinski definition) is 4. The van der Waals surface area contributed by atoms with Crippen molar-refractivity contribution in [2.24, 2.45) is 17.3 Å². The largest absolute Gasteiger partial charge is 0.364 e. The average Bonchev–Trinajstić information content (AvgIpc) is 2.57. The minimum absolute atomic E-state index is 0.00260. The summed E-state index contributed by atoms with van der Waals surface area (Å²) >= 11 is 0. The van der Waals surface area contributed by atoms with Crippen LogP contribution in [0.15, 0.2) is 18.2 Å². The summed E-state index contributed by atoms with van der Waals surface area (Å²) < 4.78 is 14.7. The van der Waals surface area contributed by atoms with Crippen molar-refractivity contribution < 1.29 is 18.8 Å². The molecular formula is C19H22FN3O3. The Balaban J connectivity index is 1.95. The van der Waals surface area contributed by atoms with Crippen LogP contribution in [0.5, 0.6) is 0 Å². The van der Waals surface area contributed by atoms with Crippen molar-refractivity contribution in [3.05, 3.63) is 29.6 Å². The molecule has 4 rings (SSSR count). The van der Waals surface area contributed by atoms with E-state index < -0.39 is 29.3 Å². The molecule has 1 N–H and O–H groups in total. The number of anilines is 1. The predicted molar refractivity (Wildman–Crippen MR) is 92.9 cm³/mol. The molecule has 3 aliphatic rings. The number of carbonyl (C=O) groups is 3. The van der Waals surface area contributed by atoms with E-state index in [1.54, 1.807) is 12.1 Å². The maximum absolute atomic E-state index is 14.7. The monoisotopic (exact) mass is 359 g/mol. The number of benzene rings is 1. The molecule has 4 amide bonds. The van der Waals surface area contributed by atoms with Gasteiger partial charge in [0.25, 0.3) is 0 Å². The second kappa shape index (κ2) is 5.53. The highest BCUT2D eigenvalue weighted by Gasteiger charge is 2.63. The number of nitrogens with one attached hydrogen (secondary N) is 1. The molecule has 0 aliphatic carbocycles. The van der Waals surface area contributed by atoms with Gasteiger partial charge in [0.05, 0.1) is 11.7 Å². The number of halogens is 1. The first-order valence-corrected chi connectivity index (χ1v) is 8.95. The van der Waals surface area contributed by atoms with Crippen molar-refractivity contribution in [3.63, 3.8) is 0 Å². The van der Waals surface area contributed by atoms with Crippen LogP contribution in [-0.4, -0.2) is 42.4 Å². The SMILES string of the molecule is CC1CC(C)C2N(C1)c1c(F)cccc1CC21C(=O)NC(=O)N(C)C1=O. The second-order valence-corrected chi connectivity index (χ2v) is 7.93. The number of para-hydroxylation sites is 1. The number of hydrogen-bond donors (Lipinski definition) is 1. The lowest BCUT2D eigenvalue weighted by Crippen LogP contribution is -2.73. The topological polar surface area (TPSA) is 69.7 Å². The summed E-state index contributed by atoms with van der Waals surface area (Å²) in [5.41, 5.74) is -0.293. The van der Waals surface area contributed by atoms with Gasteiger partial charge in [-0.25, -0.2) is 9.18 Å². The highest BCUT2D eigenvalue weighted by Crippen LogP contribution is 2.50. The van der Waals surface area contributed by atoms with Gasteiger partial charge >= 0.3 is 6.03 Å². The van der Waals surface area contributed by atoms with E-state index in [1.807, 2.05) is 11.8 Å². The number of imide groups is 2. The number of rotatable bonds is 0. The lowest BCUT2D eigenvalue weighted by atomic mass is 9.62. The number of amides is 4. The van der Waals surface area contributed by atoms with Gasteiger partial charge in [0.1, 0.15) is 5.82 Å². The first kappa shape index (κ1) is 17.0. The van der Waals surface area contributed by atoms with Gasteiger partial charge in [0, 0.05) is 13.6 Å². The molecule has 2 fully saturated rings. The molecule has 26 heavy (non-hydrogen) atoms. The number of piperidine rings is 1. The van der Waals surface area contributed by atoms with Gasteiger partial charge in [0.2, 0.25) is 11.8 Å². The maximum atomic E-state index is 14.7. The van der Waals surface area contributed by atoms with Gasteiger partial charge in [-0.15, -0.1) is 0 Å². The standard InChI is InChI=1S/C19H22FN3O3/c1-10-7-11(2)15-19(16(24)21-18(26)22(3)17(19)25)8-12-5-4-6-13(20)14(12)23(15)9-10/h4-6,10-11,15H,7-9H2,1-3H3,(H,21,24,26). The Morgan fingerprint density at radius 3 is 2.69 bits per heavy atom. The van der Waals surface area contributed by atoms with Crippen molar-refractivity contribution in [3.8, 4) is 0 Å². The summed E-state index contributed by atoms with van der Waals surface area (Å²) in [6.07, 6.45) is 0.938. The molecule has 7 heteroatoms. The molecule has 0 aromatic heterocycles. The Morgan fingerprint density at radius 2 is 1.96 bits per heavy atom. The van der Waals surface area contributed by atoms with Gasteiger partial charge in [-0.3, -0.25) is 19.8 Å². The number of nitrogens with zero attached hydrogens (tertiary/aromatic N) is 2. The summed E-state index contributed by atoms with van der Waals surface area (Å²) in [7, 11) is 1.38. The number of urea groups is 1. The molecule has 0 bridgehead atoms. The molecule has 4 unspecified atom stereocenters. The van der Waals surface area contributed by atoms with Gasteiger partial charge in [-0.2, -0.15) is 0 Å². The van der Waals surface area contributed by atoms with E-state index in [1.165, 1.54) is 13.1 Å². The molecule has 1 aromatic rings. The van der Waals surface area contributed by atoms with E-state index in [-0.39, 0.29) is 18.2 Å². The molecule has 138 valence electrons. The second-order valence-electron chi connectivity index (χ2n) is 7.93. The summed E-state index contributed by atoms with van der Waals surface area (Å²) in [6, 6.07) is 3.58. The fourth-order valence-electron chi connectivity index (χ4n) is 5.20. The summed E-state index contributed by atoms with van der Waals surface area (Å²) in [5.74, 6) is -1.10. The maximum Gasteiger partial charge on any atom is 0.330 e. The van der Waals surface area contributed by atoms with E-state index in [9.17, 15) is 18.8 Å². The molecule has 0 radical (unpaired) electrons. The van der Waals surface area contributed by atoms with Crippen LogP contribution in [0.3, 0.4) is 0 Å². The zero-order valence-electron chi connectivity index (χ0n) is 15.1. The first-order chi connectivity index (χ1) is 12.3. The van der Waals surface area contributed by atoms with Crippen LogP contribution >= 0.6 is 0 Å². The number of barbiturate groups is 1. The normalized spacial score (nSPS) is 33.8. The van der Waals surface area contributed by atoms with Gasteiger partial charge < -0.3 is 4.90 Å². The Hall–Kier alpha value is -2.44. The lowest BCUT2D eigenvalue weighted by Gasteiger charge is -2.56. The third-order valence-electron chi connectivity index (χ3n) is 6.11. The lowest BCUT2D eigenvalue weighted by molar-refractivity contribution is -0.154. The third-order valence-corrected chi connectivity index (χ3v) is 6.11. The van der Waals surface area contributed by atoms with Crippen molar-refractivity contribution in [2.45, 2.75) is 32.7 Å². The molecule has 3 aliphatic heterocycles. The van der Waals surface area contributed by atoms with E-state index in [2.05, 4.69) is 12.2 Å². The Kier molecular flexibility index (Phi) is 3.61. The van der Waals surface area contributed by atoms with Crippen molar-refractivity contribution >= 4 is 23.5 Å². The van der Waals surface area contributed by atoms with Crippen LogP contribution in [0.1, 0.15) is 25.8 Å². The number of carbonyl (C=O) groups excluding carboxylic acids is 3. The Labute approximate surface area is 151 Å². The van der Waals surface area contributed by atoms with Gasteiger partial charge in [0.15, 0.2) is 5.41 Å². The fraction of sp³-hybridized carbons (Fsp3) is 0.526. The van der Waals surface area contributed by atoms with E-state index in [4.69, 9.17) is 0 Å². The minimum atomic E-state index is -1.41. The molecular weight excluding hydrogens is 337 g/mol. The van der Waals surface area contributed by atoms with Gasteiger partial charge in [-0.1, -0.05) is 26.0 Å². The molecule has 6 nitrogen and oxygen atoms in total. The van der Waals surface area contributed by atoms with Crippen molar-refractivity contribution in [1.82, 2.24) is 10.2 Å². The number of fused-ring (bicyclic) bond motifs is 4. The average molecular weight is 359 g/mol. The van der Waals surface area contributed by atoms with E-state index in [0.717, 1.165) is 11.3 Å². The molecule has 3 heterocycles. The van der Waals surface area contributed by atoms with Crippen LogP contribution in [0.2, 0.25) is 0 Å². The van der Waals surface area contributed by atoms with E-state index in [0.29, 0.717) is 23.7 Å². The Morgan fingerprint density at radius 1 is 1.23 bits per heavy atom. The van der Waals surface area contributed by atoms with Crippen LogP contribution < -0.4 is 10.2 Å². The quantitative estimate of drug-likeness (QED) is 0.719. The van der Waals surface area contributed by atoms with Crippen molar-refractivity contribution in [2.75, 3.05) is 18.5 Å². The third kappa shape index (κ3) is 2.06. The highest BCUT2D eigenvalue weighted by atomic mass is 19.1. The molecule has 4 atom stereocenters. The summed E-state index contributed by atoms with van der Waals surface area (Å²) in [5, 5.41) is 2.34. The Bertz CT molecular complexity index is 826. The van der Waals surface area contributed by atoms with E-state index >= 15 is 0 Å². The molecule has 0 saturated carbocycles. The zero-order valence-corrected chi connectivity index (χ0v) is 15.1. The zero-order chi connectivity index (χ0) is 18.8. The highest BCUT2D eigenvalue weighted by molar-refractivity contribution is 6.20. The van der Waals surface area contributed by atoms with Crippen LogP contribution in [-0.2, 0) is 16.0 Å². The minimum Gasteiger partial charge on any atom is -0.364 e. The summed E-state index contributed by atoms with van der Waals surface area (Å²) in [6.45, 7) is 4.66. The fourth-order valence-corrected chi connectivity index (χ4v) is 5.20. The van der Waals surface area contributed by atoms with Crippen molar-refractivity contribution in [1.29, 1.82) is 0 Å². The van der Waals surface area contributed by atoms with Crippen LogP contribution in [0.25, 0.3) is 0 Å². The van der Waals surface area contributed by atoms with Crippen LogP contribution in [0, 0.1) is 23.1 Å². The molecule has 1 spiro atoms. The first-order valence-electron chi connectivity index (χ1n) is 8.95. The van der Waals surface area contributed by atoms with Crippen LogP contribution in [0.4, 0.5) is 14.9 Å². The summed E-state index contributed by atoms with van der Waals surface area (Å²) in [4.78, 5) is 41.0. The molecule has 1 aromatic carbocycles.